The smallest absolute Gasteiger partial charge is 0.137 e. The first-order valence-corrected chi connectivity index (χ1v) is 7.84. The molecule has 21 heavy (non-hydrogen) atoms. The second-order valence-corrected chi connectivity index (χ2v) is 5.64. The van der Waals surface area contributed by atoms with Crippen molar-refractivity contribution in [3.8, 4) is 5.75 Å². The van der Waals surface area contributed by atoms with Crippen molar-refractivity contribution in [1.29, 1.82) is 0 Å². The number of halogens is 2. The first-order valence-electron chi connectivity index (χ1n) is 7.08. The number of ether oxygens (including phenoxy) is 1. The molecule has 0 radical (unpaired) electrons. The molecule has 2 aromatic rings. The van der Waals surface area contributed by atoms with Gasteiger partial charge in [0, 0.05) is 11.6 Å². The van der Waals surface area contributed by atoms with E-state index in [4.69, 9.17) is 27.9 Å². The molecule has 0 unspecified atom stereocenters. The normalized spacial score (nSPS) is 10.6. The predicted molar refractivity (Wildman–Crippen MR) is 89.3 cm³/mol. The van der Waals surface area contributed by atoms with E-state index in [1.165, 1.54) is 5.56 Å². The fourth-order valence-corrected chi connectivity index (χ4v) is 2.42. The lowest BCUT2D eigenvalue weighted by molar-refractivity contribution is 0.306. The first-order chi connectivity index (χ1) is 10.3. The van der Waals surface area contributed by atoms with Crippen LogP contribution in [0.1, 0.15) is 18.4 Å². The van der Waals surface area contributed by atoms with Gasteiger partial charge in [0.05, 0.1) is 11.6 Å². The van der Waals surface area contributed by atoms with Crippen LogP contribution in [0.3, 0.4) is 0 Å². The Bertz CT molecular complexity index is 546. The van der Waals surface area contributed by atoms with Gasteiger partial charge in [-0.05, 0) is 43.1 Å². The van der Waals surface area contributed by atoms with Crippen molar-refractivity contribution in [1.82, 2.24) is 5.32 Å². The van der Waals surface area contributed by atoms with E-state index in [1.54, 1.807) is 18.2 Å². The molecule has 0 spiro atoms. The minimum atomic E-state index is 0.560. The molecule has 0 atom stereocenters. The van der Waals surface area contributed by atoms with Gasteiger partial charge in [0.15, 0.2) is 0 Å². The molecule has 1 N–H and O–H groups in total. The maximum absolute atomic E-state index is 6.04. The summed E-state index contributed by atoms with van der Waals surface area (Å²) in [4.78, 5) is 0. The molecular weight excluding hydrogens is 305 g/mol. The Morgan fingerprint density at radius 1 is 0.952 bits per heavy atom. The Morgan fingerprint density at radius 2 is 1.76 bits per heavy atom. The van der Waals surface area contributed by atoms with E-state index < -0.39 is 0 Å². The Kier molecular flexibility index (Phi) is 6.87. The molecule has 0 aliphatic heterocycles. The molecule has 4 heteroatoms. The van der Waals surface area contributed by atoms with Crippen LogP contribution in [0.25, 0.3) is 0 Å². The summed E-state index contributed by atoms with van der Waals surface area (Å²) >= 11 is 11.9. The Hall–Kier alpha value is -1.22. The van der Waals surface area contributed by atoms with Crippen molar-refractivity contribution < 1.29 is 4.74 Å². The minimum absolute atomic E-state index is 0.560. The summed E-state index contributed by atoms with van der Waals surface area (Å²) < 4.78 is 5.64. The topological polar surface area (TPSA) is 21.3 Å². The molecular formula is C17H19Cl2NO. The zero-order chi connectivity index (χ0) is 14.9. The van der Waals surface area contributed by atoms with Crippen molar-refractivity contribution >= 4 is 23.2 Å². The first kappa shape index (κ1) is 16.2. The van der Waals surface area contributed by atoms with Crippen molar-refractivity contribution in [2.45, 2.75) is 19.4 Å². The molecule has 2 rings (SSSR count). The summed E-state index contributed by atoms with van der Waals surface area (Å²) in [5, 5.41) is 4.60. The monoisotopic (exact) mass is 323 g/mol. The van der Waals surface area contributed by atoms with Gasteiger partial charge in [-0.25, -0.2) is 0 Å². The van der Waals surface area contributed by atoms with Crippen molar-refractivity contribution in [3.05, 3.63) is 64.1 Å². The predicted octanol–water partition coefficient (Wildman–Crippen LogP) is 4.94. The van der Waals surface area contributed by atoms with Crippen LogP contribution in [-0.4, -0.2) is 13.2 Å². The zero-order valence-electron chi connectivity index (χ0n) is 11.8. The number of hydrogen-bond acceptors (Lipinski definition) is 2. The van der Waals surface area contributed by atoms with Gasteiger partial charge in [-0.2, -0.15) is 0 Å². The van der Waals surface area contributed by atoms with Gasteiger partial charge in [0.25, 0.3) is 0 Å². The van der Waals surface area contributed by atoms with Crippen LogP contribution in [0.5, 0.6) is 5.75 Å². The Labute approximate surface area is 136 Å². The van der Waals surface area contributed by atoms with Gasteiger partial charge in [-0.1, -0.05) is 53.5 Å². The van der Waals surface area contributed by atoms with Crippen LogP contribution in [-0.2, 0) is 6.54 Å². The third-order valence-corrected chi connectivity index (χ3v) is 3.60. The van der Waals surface area contributed by atoms with Gasteiger partial charge < -0.3 is 10.1 Å². The van der Waals surface area contributed by atoms with E-state index in [0.717, 1.165) is 25.9 Å². The summed E-state index contributed by atoms with van der Waals surface area (Å²) in [7, 11) is 0. The number of rotatable bonds is 8. The van der Waals surface area contributed by atoms with E-state index in [1.807, 2.05) is 6.07 Å². The largest absolute Gasteiger partial charge is 0.492 e. The van der Waals surface area contributed by atoms with Crippen LogP contribution in [0, 0.1) is 0 Å². The number of unbranched alkanes of at least 4 members (excludes halogenated alkanes) is 1. The van der Waals surface area contributed by atoms with E-state index in [0.29, 0.717) is 22.4 Å². The summed E-state index contributed by atoms with van der Waals surface area (Å²) in [5.41, 5.74) is 1.31. The lowest BCUT2D eigenvalue weighted by Gasteiger charge is -2.08. The van der Waals surface area contributed by atoms with Crippen molar-refractivity contribution in [3.63, 3.8) is 0 Å². The molecule has 0 heterocycles. The highest BCUT2D eigenvalue weighted by Gasteiger charge is 2.01. The maximum Gasteiger partial charge on any atom is 0.137 e. The van der Waals surface area contributed by atoms with E-state index in [2.05, 4.69) is 29.6 Å². The molecule has 112 valence electrons. The van der Waals surface area contributed by atoms with Gasteiger partial charge >= 0.3 is 0 Å². The van der Waals surface area contributed by atoms with Gasteiger partial charge in [-0.3, -0.25) is 0 Å². The average Bonchev–Trinajstić information content (AvgIpc) is 2.49. The Balaban J connectivity index is 1.56. The average molecular weight is 324 g/mol. The summed E-state index contributed by atoms with van der Waals surface area (Å²) in [5.74, 6) is 0.693. The highest BCUT2D eigenvalue weighted by molar-refractivity contribution is 6.35. The van der Waals surface area contributed by atoms with E-state index >= 15 is 0 Å². The number of hydrogen-bond donors (Lipinski definition) is 1. The zero-order valence-corrected chi connectivity index (χ0v) is 13.3. The Morgan fingerprint density at radius 3 is 2.52 bits per heavy atom. The highest BCUT2D eigenvalue weighted by atomic mass is 35.5. The maximum atomic E-state index is 6.04. The molecule has 2 aromatic carbocycles. The third kappa shape index (κ3) is 5.96. The number of benzene rings is 2. The van der Waals surface area contributed by atoms with E-state index in [9.17, 15) is 0 Å². The van der Waals surface area contributed by atoms with Crippen LogP contribution in [0.2, 0.25) is 10.0 Å². The summed E-state index contributed by atoms with van der Waals surface area (Å²) in [6.07, 6.45) is 2.05. The SMILES string of the molecule is Clc1ccc(OCCCCNCc2ccccc2)c(Cl)c1. The molecule has 2 nitrogen and oxygen atoms in total. The summed E-state index contributed by atoms with van der Waals surface area (Å²) in [6, 6.07) is 15.7. The van der Waals surface area contributed by atoms with Gasteiger partial charge in [-0.15, -0.1) is 0 Å². The molecule has 0 saturated carbocycles. The molecule has 0 aromatic heterocycles. The van der Waals surface area contributed by atoms with Crippen molar-refractivity contribution in [2.24, 2.45) is 0 Å². The third-order valence-electron chi connectivity index (χ3n) is 3.07. The van der Waals surface area contributed by atoms with Crippen LogP contribution in [0.15, 0.2) is 48.5 Å². The quantitative estimate of drug-likeness (QED) is 0.694. The fraction of sp³-hybridized carbons (Fsp3) is 0.294. The molecule has 0 fully saturated rings. The molecule has 0 saturated heterocycles. The second kappa shape index (κ2) is 8.93. The minimum Gasteiger partial charge on any atom is -0.492 e. The van der Waals surface area contributed by atoms with Crippen molar-refractivity contribution in [2.75, 3.05) is 13.2 Å². The van der Waals surface area contributed by atoms with Gasteiger partial charge in [0.1, 0.15) is 5.75 Å². The molecule has 0 amide bonds. The fourth-order valence-electron chi connectivity index (χ4n) is 1.96. The lowest BCUT2D eigenvalue weighted by Crippen LogP contribution is -2.15. The second-order valence-electron chi connectivity index (χ2n) is 4.79. The number of nitrogens with one attached hydrogen (secondary N) is 1. The highest BCUT2D eigenvalue weighted by Crippen LogP contribution is 2.27. The lowest BCUT2D eigenvalue weighted by atomic mass is 10.2. The van der Waals surface area contributed by atoms with E-state index in [-0.39, 0.29) is 0 Å². The standard InChI is InChI=1S/C17H19Cl2NO/c18-15-8-9-17(16(19)12-15)21-11-5-4-10-20-13-14-6-2-1-3-7-14/h1-3,6-9,12,20H,4-5,10-11,13H2. The molecule has 0 aliphatic carbocycles. The molecule has 0 aliphatic rings. The van der Waals surface area contributed by atoms with Crippen LogP contribution in [0.4, 0.5) is 0 Å². The van der Waals surface area contributed by atoms with Gasteiger partial charge in [0.2, 0.25) is 0 Å². The summed E-state index contributed by atoms with van der Waals surface area (Å²) in [6.45, 7) is 2.55. The van der Waals surface area contributed by atoms with Crippen LogP contribution >= 0.6 is 23.2 Å². The molecule has 0 bridgehead atoms. The van der Waals surface area contributed by atoms with Crippen LogP contribution < -0.4 is 10.1 Å².